The van der Waals surface area contributed by atoms with Crippen LogP contribution in [0.25, 0.3) is 0 Å². The zero-order chi connectivity index (χ0) is 12.7. The molecule has 0 heterocycles. The van der Waals surface area contributed by atoms with Crippen LogP contribution in [-0.4, -0.2) is 37.5 Å². The normalized spacial score (nSPS) is 19.0. The first-order valence-corrected chi connectivity index (χ1v) is 6.44. The van der Waals surface area contributed by atoms with Gasteiger partial charge >= 0.3 is 0 Å². The predicted octanol–water partition coefficient (Wildman–Crippen LogP) is 1.85. The molecule has 0 radical (unpaired) electrons. The zero-order valence-electron chi connectivity index (χ0n) is 11.2. The molecule has 1 rings (SSSR count). The molecule has 17 heavy (non-hydrogen) atoms. The Kier molecular flexibility index (Phi) is 5.90. The van der Waals surface area contributed by atoms with Crippen LogP contribution in [0.1, 0.15) is 40.0 Å². The second-order valence-corrected chi connectivity index (χ2v) is 5.14. The van der Waals surface area contributed by atoms with Crippen LogP contribution in [0.15, 0.2) is 0 Å². The molecule has 1 unspecified atom stereocenters. The number of ether oxygens (including phenoxy) is 2. The molecule has 0 aromatic carbocycles. The molecule has 0 aromatic rings. The van der Waals surface area contributed by atoms with Crippen molar-refractivity contribution < 1.29 is 9.47 Å². The summed E-state index contributed by atoms with van der Waals surface area (Å²) < 4.78 is 10.8. The minimum absolute atomic E-state index is 0.250. The number of nitrogens with one attached hydrogen (secondary N) is 1. The monoisotopic (exact) mass is 240 g/mol. The Labute approximate surface area is 104 Å². The van der Waals surface area contributed by atoms with Crippen LogP contribution in [-0.2, 0) is 9.47 Å². The third-order valence-corrected chi connectivity index (χ3v) is 2.77. The van der Waals surface area contributed by atoms with Crippen LogP contribution < -0.4 is 5.32 Å². The van der Waals surface area contributed by atoms with E-state index in [0.717, 1.165) is 6.42 Å². The van der Waals surface area contributed by atoms with Crippen molar-refractivity contribution in [2.45, 2.75) is 57.7 Å². The quantitative estimate of drug-likeness (QED) is 0.625. The highest BCUT2D eigenvalue weighted by molar-refractivity contribution is 5.06. The van der Waals surface area contributed by atoms with Crippen molar-refractivity contribution in [2.24, 2.45) is 0 Å². The molecule has 4 heteroatoms. The fraction of sp³-hybridized carbons (Fsp3) is 0.923. The van der Waals surface area contributed by atoms with E-state index in [2.05, 4.69) is 11.4 Å². The fourth-order valence-corrected chi connectivity index (χ4v) is 1.56. The molecule has 0 aromatic heterocycles. The molecule has 0 bridgehead atoms. The number of rotatable bonds is 9. The number of nitrogens with zero attached hydrogens (tertiary/aromatic N) is 1. The molecular weight excluding hydrogens is 216 g/mol. The lowest BCUT2D eigenvalue weighted by Crippen LogP contribution is -2.43. The second-order valence-electron chi connectivity index (χ2n) is 5.14. The van der Waals surface area contributed by atoms with Gasteiger partial charge in [0.2, 0.25) is 0 Å². The van der Waals surface area contributed by atoms with E-state index in [-0.39, 0.29) is 6.10 Å². The summed E-state index contributed by atoms with van der Waals surface area (Å²) in [7, 11) is 0. The van der Waals surface area contributed by atoms with Crippen molar-refractivity contribution in [2.75, 3.05) is 19.8 Å². The zero-order valence-corrected chi connectivity index (χ0v) is 11.2. The molecule has 1 aliphatic carbocycles. The summed E-state index contributed by atoms with van der Waals surface area (Å²) in [5.74, 6) is 0. The molecular formula is C13H24N2O2. The van der Waals surface area contributed by atoms with Gasteiger partial charge in [-0.1, -0.05) is 0 Å². The van der Waals surface area contributed by atoms with E-state index in [1.165, 1.54) is 12.8 Å². The molecule has 1 aliphatic rings. The summed E-state index contributed by atoms with van der Waals surface area (Å²) in [4.78, 5) is 0. The highest BCUT2D eigenvalue weighted by Crippen LogP contribution is 2.23. The molecule has 0 aliphatic heterocycles. The Bertz CT molecular complexity index is 259. The Morgan fingerprint density at radius 2 is 2.06 bits per heavy atom. The maximum absolute atomic E-state index is 9.14. The van der Waals surface area contributed by atoms with E-state index in [0.29, 0.717) is 25.9 Å². The van der Waals surface area contributed by atoms with Crippen LogP contribution in [0.2, 0.25) is 0 Å². The lowest BCUT2D eigenvalue weighted by molar-refractivity contribution is 0.0161. The van der Waals surface area contributed by atoms with Gasteiger partial charge in [-0.25, -0.2) is 0 Å². The first-order valence-electron chi connectivity index (χ1n) is 6.44. The summed E-state index contributed by atoms with van der Waals surface area (Å²) in [6.45, 7) is 7.78. The fourth-order valence-electron chi connectivity index (χ4n) is 1.56. The highest BCUT2D eigenvalue weighted by atomic mass is 16.5. The van der Waals surface area contributed by atoms with Gasteiger partial charge in [-0.05, 0) is 33.6 Å². The van der Waals surface area contributed by atoms with E-state index in [1.54, 1.807) is 0 Å². The van der Waals surface area contributed by atoms with Crippen molar-refractivity contribution in [3.63, 3.8) is 0 Å². The third-order valence-electron chi connectivity index (χ3n) is 2.77. The average molecular weight is 240 g/mol. The molecule has 4 nitrogen and oxygen atoms in total. The van der Waals surface area contributed by atoms with Gasteiger partial charge in [0.05, 0.1) is 25.4 Å². The van der Waals surface area contributed by atoms with E-state index < -0.39 is 5.54 Å². The Morgan fingerprint density at radius 1 is 1.35 bits per heavy atom. The first kappa shape index (κ1) is 14.4. The topological polar surface area (TPSA) is 54.3 Å². The van der Waals surface area contributed by atoms with Crippen LogP contribution in [0, 0.1) is 11.3 Å². The van der Waals surface area contributed by atoms with Crippen molar-refractivity contribution in [3.05, 3.63) is 0 Å². The summed E-state index contributed by atoms with van der Waals surface area (Å²) >= 11 is 0. The number of hydrogen-bond acceptors (Lipinski definition) is 4. The van der Waals surface area contributed by atoms with E-state index >= 15 is 0 Å². The van der Waals surface area contributed by atoms with Crippen molar-refractivity contribution in [3.8, 4) is 6.07 Å². The Hall–Kier alpha value is -0.630. The maximum Gasteiger partial charge on any atom is 0.106 e. The number of nitriles is 1. The van der Waals surface area contributed by atoms with Gasteiger partial charge in [-0.15, -0.1) is 0 Å². The summed E-state index contributed by atoms with van der Waals surface area (Å²) in [5.41, 5.74) is -0.444. The van der Waals surface area contributed by atoms with Crippen LogP contribution in [0.4, 0.5) is 0 Å². The van der Waals surface area contributed by atoms with Crippen LogP contribution in [0.5, 0.6) is 0 Å². The SMILES string of the molecule is CC(C)OCCOCCC(C)(C#N)NC1CC1. The molecule has 0 spiro atoms. The molecule has 98 valence electrons. The summed E-state index contributed by atoms with van der Waals surface area (Å²) in [5, 5.41) is 12.5. The average Bonchev–Trinajstić information content (AvgIpc) is 3.06. The minimum atomic E-state index is -0.444. The van der Waals surface area contributed by atoms with E-state index in [1.807, 2.05) is 20.8 Å². The Morgan fingerprint density at radius 3 is 2.59 bits per heavy atom. The lowest BCUT2D eigenvalue weighted by atomic mass is 10.0. The van der Waals surface area contributed by atoms with E-state index in [4.69, 9.17) is 14.7 Å². The van der Waals surface area contributed by atoms with Gasteiger partial charge < -0.3 is 9.47 Å². The smallest absolute Gasteiger partial charge is 0.106 e. The van der Waals surface area contributed by atoms with Gasteiger partial charge in [0.1, 0.15) is 5.54 Å². The lowest BCUT2D eigenvalue weighted by Gasteiger charge is -2.23. The van der Waals surface area contributed by atoms with Crippen molar-refractivity contribution >= 4 is 0 Å². The van der Waals surface area contributed by atoms with Gasteiger partial charge in [-0.3, -0.25) is 5.32 Å². The molecule has 0 amide bonds. The highest BCUT2D eigenvalue weighted by Gasteiger charge is 2.32. The largest absolute Gasteiger partial charge is 0.379 e. The minimum Gasteiger partial charge on any atom is -0.379 e. The summed E-state index contributed by atoms with van der Waals surface area (Å²) in [6.07, 6.45) is 3.36. The number of hydrogen-bond donors (Lipinski definition) is 1. The van der Waals surface area contributed by atoms with Gasteiger partial charge in [-0.2, -0.15) is 5.26 Å². The van der Waals surface area contributed by atoms with Crippen LogP contribution in [0.3, 0.4) is 0 Å². The van der Waals surface area contributed by atoms with Gasteiger partial charge in [0.15, 0.2) is 0 Å². The first-order chi connectivity index (χ1) is 8.06. The summed E-state index contributed by atoms with van der Waals surface area (Å²) in [6, 6.07) is 2.88. The van der Waals surface area contributed by atoms with Crippen molar-refractivity contribution in [1.29, 1.82) is 5.26 Å². The second kappa shape index (κ2) is 6.95. The van der Waals surface area contributed by atoms with Crippen LogP contribution >= 0.6 is 0 Å². The molecule has 0 saturated heterocycles. The molecule has 1 N–H and O–H groups in total. The third kappa shape index (κ3) is 6.62. The Balaban J connectivity index is 2.05. The van der Waals surface area contributed by atoms with Crippen molar-refractivity contribution in [1.82, 2.24) is 5.32 Å². The molecule has 1 atom stereocenters. The maximum atomic E-state index is 9.14. The van der Waals surface area contributed by atoms with Gasteiger partial charge in [0, 0.05) is 19.1 Å². The van der Waals surface area contributed by atoms with E-state index in [9.17, 15) is 0 Å². The standard InChI is InChI=1S/C13H24N2O2/c1-11(2)17-9-8-16-7-6-13(3,10-14)15-12-4-5-12/h11-12,15H,4-9H2,1-3H3. The molecule has 1 fully saturated rings. The molecule has 1 saturated carbocycles. The predicted molar refractivity (Wildman–Crippen MR) is 66.7 cm³/mol. The van der Waals surface area contributed by atoms with Gasteiger partial charge in [0.25, 0.3) is 0 Å².